The second kappa shape index (κ2) is 9.83. The summed E-state index contributed by atoms with van der Waals surface area (Å²) in [5.41, 5.74) is 3.25. The van der Waals surface area contributed by atoms with Gasteiger partial charge in [0.2, 0.25) is 0 Å². The Bertz CT molecular complexity index is 1420. The van der Waals surface area contributed by atoms with Gasteiger partial charge < -0.3 is 9.64 Å². The molecule has 8 heteroatoms. The fourth-order valence-corrected chi connectivity index (χ4v) is 6.01. The molecule has 204 valence electrons. The van der Waals surface area contributed by atoms with E-state index in [0.717, 1.165) is 27.5 Å². The van der Waals surface area contributed by atoms with Gasteiger partial charge in [0.25, 0.3) is 5.91 Å². The first-order chi connectivity index (χ1) is 18.3. The summed E-state index contributed by atoms with van der Waals surface area (Å²) in [6.07, 6.45) is 0.736. The predicted molar refractivity (Wildman–Crippen MR) is 153 cm³/mol. The fourth-order valence-electron chi connectivity index (χ4n) is 5.76. The van der Waals surface area contributed by atoms with E-state index >= 15 is 0 Å². The number of Topliss-reactive ketones (excluding diaryl/α,β-unsaturated/α-hetero) is 1. The monoisotopic (exact) mass is 566 g/mol. The Morgan fingerprint density at radius 2 is 1.49 bits per heavy atom. The van der Waals surface area contributed by atoms with Crippen LogP contribution < -0.4 is 4.90 Å². The maximum absolute atomic E-state index is 14.2. The molecule has 1 aliphatic carbocycles. The number of amides is 2. The van der Waals surface area contributed by atoms with Crippen LogP contribution in [-0.4, -0.2) is 34.8 Å². The van der Waals surface area contributed by atoms with E-state index in [0.29, 0.717) is 40.5 Å². The molecule has 0 N–H and O–H groups in total. The molecule has 0 spiro atoms. The molecule has 2 amide bonds. The number of carbonyl (C=O) groups excluding carboxylic acids is 3. The number of allylic oxidation sites excluding steroid dienone is 2. The van der Waals surface area contributed by atoms with Crippen molar-refractivity contribution in [1.82, 2.24) is 4.90 Å². The lowest BCUT2D eigenvalue weighted by atomic mass is 9.67. The van der Waals surface area contributed by atoms with Crippen molar-refractivity contribution in [1.29, 1.82) is 0 Å². The summed E-state index contributed by atoms with van der Waals surface area (Å²) in [5, 5.41) is 1.15. The van der Waals surface area contributed by atoms with Crippen molar-refractivity contribution in [3.8, 4) is 0 Å². The highest BCUT2D eigenvalue weighted by molar-refractivity contribution is 6.31. The zero-order chi connectivity index (χ0) is 28.3. The maximum Gasteiger partial charge on any atom is 0.417 e. The largest absolute Gasteiger partial charge is 0.443 e. The van der Waals surface area contributed by atoms with Gasteiger partial charge in [0.1, 0.15) is 5.60 Å². The highest BCUT2D eigenvalue weighted by atomic mass is 35.5. The molecule has 5 rings (SSSR count). The van der Waals surface area contributed by atoms with Gasteiger partial charge in [-0.2, -0.15) is 0 Å². The van der Waals surface area contributed by atoms with Gasteiger partial charge in [0.05, 0.1) is 0 Å². The first kappa shape index (κ1) is 27.5. The summed E-state index contributed by atoms with van der Waals surface area (Å²) in [5.74, 6) is -1.08. The predicted octanol–water partition coefficient (Wildman–Crippen LogP) is 7.66. The number of nitrogens with zero attached hydrogens (tertiary/aromatic N) is 2. The lowest BCUT2D eigenvalue weighted by Crippen LogP contribution is -2.50. The number of rotatable bonds is 2. The summed E-state index contributed by atoms with van der Waals surface area (Å²) < 4.78 is 5.58. The summed E-state index contributed by atoms with van der Waals surface area (Å²) in [6, 6.07) is 14.6. The second-order valence-corrected chi connectivity index (χ2v) is 13.0. The van der Waals surface area contributed by atoms with E-state index in [4.69, 9.17) is 27.9 Å². The molecule has 0 radical (unpaired) electrons. The number of hydrogen-bond donors (Lipinski definition) is 0. The van der Waals surface area contributed by atoms with Gasteiger partial charge >= 0.3 is 6.09 Å². The van der Waals surface area contributed by atoms with Crippen molar-refractivity contribution in [2.75, 3.05) is 11.4 Å². The van der Waals surface area contributed by atoms with E-state index in [1.54, 1.807) is 45.0 Å². The van der Waals surface area contributed by atoms with Crippen LogP contribution in [0.4, 0.5) is 10.5 Å². The number of anilines is 1. The molecule has 0 saturated carbocycles. The number of ether oxygens (including phenoxy) is 1. The van der Waals surface area contributed by atoms with Gasteiger partial charge in [0.15, 0.2) is 5.78 Å². The van der Waals surface area contributed by atoms with Crippen LogP contribution in [0.3, 0.4) is 0 Å². The summed E-state index contributed by atoms with van der Waals surface area (Å²) in [4.78, 5) is 44.5. The van der Waals surface area contributed by atoms with Crippen LogP contribution in [0.2, 0.25) is 10.0 Å². The first-order valence-electron chi connectivity index (χ1n) is 13.1. The van der Waals surface area contributed by atoms with Crippen LogP contribution >= 0.6 is 23.2 Å². The first-order valence-corrected chi connectivity index (χ1v) is 13.9. The molecule has 2 aromatic rings. The van der Waals surface area contributed by atoms with Gasteiger partial charge in [-0.15, -0.1) is 0 Å². The van der Waals surface area contributed by atoms with Crippen molar-refractivity contribution < 1.29 is 19.1 Å². The zero-order valence-electron chi connectivity index (χ0n) is 22.8. The number of hydrogen-bond acceptors (Lipinski definition) is 5. The number of halogens is 2. The average Bonchev–Trinajstić information content (AvgIpc) is 2.82. The van der Waals surface area contributed by atoms with Crippen molar-refractivity contribution in [2.24, 2.45) is 5.41 Å². The highest BCUT2D eigenvalue weighted by Gasteiger charge is 2.49. The molecule has 0 saturated heterocycles. The minimum Gasteiger partial charge on any atom is -0.443 e. The van der Waals surface area contributed by atoms with E-state index < -0.39 is 23.5 Å². The molecule has 0 aromatic heterocycles. The van der Waals surface area contributed by atoms with Gasteiger partial charge in [0, 0.05) is 63.6 Å². The van der Waals surface area contributed by atoms with Gasteiger partial charge in [-0.05, 0) is 74.6 Å². The van der Waals surface area contributed by atoms with Gasteiger partial charge in [-0.3, -0.25) is 9.59 Å². The minimum atomic E-state index is -0.760. The van der Waals surface area contributed by atoms with Gasteiger partial charge in [-0.1, -0.05) is 49.2 Å². The van der Waals surface area contributed by atoms with Crippen LogP contribution in [-0.2, 0) is 14.3 Å². The normalized spacial score (nSPS) is 21.2. The third kappa shape index (κ3) is 5.24. The maximum atomic E-state index is 14.2. The lowest BCUT2D eigenvalue weighted by Gasteiger charge is -2.47. The second-order valence-electron chi connectivity index (χ2n) is 12.1. The zero-order valence-corrected chi connectivity index (χ0v) is 24.3. The molecule has 39 heavy (non-hydrogen) atoms. The molecule has 0 bridgehead atoms. The Morgan fingerprint density at radius 3 is 2.08 bits per heavy atom. The fraction of sp³-hybridized carbons (Fsp3) is 0.387. The minimum absolute atomic E-state index is 0.00564. The van der Waals surface area contributed by atoms with E-state index in [-0.39, 0.29) is 17.7 Å². The van der Waals surface area contributed by atoms with Crippen molar-refractivity contribution in [3.63, 3.8) is 0 Å². The molecule has 0 fully saturated rings. The van der Waals surface area contributed by atoms with Crippen LogP contribution in [0.1, 0.15) is 65.4 Å². The Labute approximate surface area is 239 Å². The van der Waals surface area contributed by atoms with Crippen LogP contribution in [0, 0.1) is 5.41 Å². The Kier molecular flexibility index (Phi) is 6.92. The lowest BCUT2D eigenvalue weighted by molar-refractivity contribution is -0.127. The van der Waals surface area contributed by atoms with Crippen molar-refractivity contribution in [2.45, 2.75) is 65.4 Å². The molecule has 1 atom stereocenters. The smallest absolute Gasteiger partial charge is 0.417 e. The third-order valence-corrected chi connectivity index (χ3v) is 7.78. The Hall–Kier alpha value is -3.09. The Morgan fingerprint density at radius 1 is 0.897 bits per heavy atom. The molecule has 6 nitrogen and oxygen atoms in total. The number of carbonyl (C=O) groups is 3. The number of ketones is 1. The molecule has 1 unspecified atom stereocenters. The van der Waals surface area contributed by atoms with Crippen LogP contribution in [0.15, 0.2) is 71.1 Å². The summed E-state index contributed by atoms with van der Waals surface area (Å²) >= 11 is 12.4. The topological polar surface area (TPSA) is 66.9 Å². The van der Waals surface area contributed by atoms with Crippen LogP contribution in [0.5, 0.6) is 0 Å². The quantitative estimate of drug-likeness (QED) is 0.373. The van der Waals surface area contributed by atoms with E-state index in [1.165, 1.54) is 0 Å². The van der Waals surface area contributed by atoms with Crippen molar-refractivity contribution in [3.05, 3.63) is 86.7 Å². The van der Waals surface area contributed by atoms with Crippen molar-refractivity contribution >= 4 is 46.7 Å². The average molecular weight is 568 g/mol. The standard InChI is InChI=1S/C31H32Cl2N2O4/c1-30(2,3)39-29(38)34-15-14-22-27(28(34)37)25(18-6-8-19(32)9-7-18)26-23(16-31(4,5)17-24(26)36)35(22)21-12-10-20(33)11-13-21/h6-13,25H,14-17H2,1-5H3. The number of benzene rings is 2. The molecular weight excluding hydrogens is 535 g/mol. The van der Waals surface area contributed by atoms with E-state index in [9.17, 15) is 14.4 Å². The summed E-state index contributed by atoms with van der Waals surface area (Å²) in [6.45, 7) is 9.65. The number of imide groups is 1. The Balaban J connectivity index is 1.75. The van der Waals surface area contributed by atoms with E-state index in [1.807, 2.05) is 24.3 Å². The summed E-state index contributed by atoms with van der Waals surface area (Å²) in [7, 11) is 0. The molecular formula is C31H32Cl2N2O4. The molecule has 3 aliphatic rings. The molecule has 2 aromatic carbocycles. The highest BCUT2D eigenvalue weighted by Crippen LogP contribution is 2.53. The molecule has 2 aliphatic heterocycles. The van der Waals surface area contributed by atoms with E-state index in [2.05, 4.69) is 18.7 Å². The van der Waals surface area contributed by atoms with Crippen LogP contribution in [0.25, 0.3) is 0 Å². The molecule has 2 heterocycles. The van der Waals surface area contributed by atoms with Gasteiger partial charge in [-0.25, -0.2) is 9.69 Å². The third-order valence-electron chi connectivity index (χ3n) is 7.27. The SMILES string of the molecule is CC1(C)CC(=O)C2=C(C1)N(c1ccc(Cl)cc1)C1=C(C(=O)N(C(=O)OC(C)(C)C)CC1)C2c1ccc(Cl)cc1.